The van der Waals surface area contributed by atoms with Crippen molar-refractivity contribution in [3.05, 3.63) is 0 Å². The summed E-state index contributed by atoms with van der Waals surface area (Å²) in [5.74, 6) is 1.57. The molecule has 0 aromatic rings. The Morgan fingerprint density at radius 1 is 1.33 bits per heavy atom. The lowest BCUT2D eigenvalue weighted by molar-refractivity contribution is -0.113. The second-order valence-corrected chi connectivity index (χ2v) is 6.62. The zero-order chi connectivity index (χ0) is 13.6. The van der Waals surface area contributed by atoms with Gasteiger partial charge >= 0.3 is 0 Å². The summed E-state index contributed by atoms with van der Waals surface area (Å²) in [5, 5.41) is 9.76. The molecule has 1 aliphatic carbocycles. The molecule has 1 rings (SSSR count). The van der Waals surface area contributed by atoms with Crippen molar-refractivity contribution < 1.29 is 9.90 Å². The van der Waals surface area contributed by atoms with E-state index in [-0.39, 0.29) is 5.92 Å². The van der Waals surface area contributed by atoms with Crippen LogP contribution >= 0.6 is 0 Å². The Morgan fingerprint density at radius 2 is 2.00 bits per heavy atom. The Hall–Kier alpha value is -0.370. The third-order valence-electron chi connectivity index (χ3n) is 4.53. The van der Waals surface area contributed by atoms with Crippen molar-refractivity contribution >= 4 is 6.29 Å². The summed E-state index contributed by atoms with van der Waals surface area (Å²) in [7, 11) is 0. The Labute approximate surface area is 112 Å². The van der Waals surface area contributed by atoms with E-state index in [0.717, 1.165) is 19.3 Å². The maximum absolute atomic E-state index is 11.2. The molecule has 0 radical (unpaired) electrons. The summed E-state index contributed by atoms with van der Waals surface area (Å²) < 4.78 is 0. The first-order valence-corrected chi connectivity index (χ1v) is 7.65. The molecule has 0 saturated heterocycles. The standard InChI is InChI=1S/C16H30O2/c1-4-13(12-17)15-10-6-5-8-14(15)9-7-11-16(2,3)18/h12-15,18H,4-11H2,1-3H3. The maximum atomic E-state index is 11.2. The molecule has 0 heterocycles. The minimum Gasteiger partial charge on any atom is -0.390 e. The zero-order valence-electron chi connectivity index (χ0n) is 12.3. The molecule has 18 heavy (non-hydrogen) atoms. The molecule has 3 unspecified atom stereocenters. The minimum atomic E-state index is -0.543. The van der Waals surface area contributed by atoms with Crippen LogP contribution in [-0.2, 0) is 4.79 Å². The van der Waals surface area contributed by atoms with E-state index in [9.17, 15) is 9.90 Å². The summed E-state index contributed by atoms with van der Waals surface area (Å²) in [4.78, 5) is 11.2. The highest BCUT2D eigenvalue weighted by atomic mass is 16.3. The van der Waals surface area contributed by atoms with Gasteiger partial charge in [-0.05, 0) is 44.9 Å². The fraction of sp³-hybridized carbons (Fsp3) is 0.938. The van der Waals surface area contributed by atoms with E-state index in [0.29, 0.717) is 11.8 Å². The van der Waals surface area contributed by atoms with E-state index in [2.05, 4.69) is 6.92 Å². The predicted octanol–water partition coefficient (Wildman–Crippen LogP) is 3.96. The monoisotopic (exact) mass is 254 g/mol. The number of rotatable bonds is 7. The molecule has 3 atom stereocenters. The second kappa shape index (κ2) is 7.28. The first-order valence-electron chi connectivity index (χ1n) is 7.65. The molecule has 1 aliphatic rings. The van der Waals surface area contributed by atoms with E-state index < -0.39 is 5.60 Å². The van der Waals surface area contributed by atoms with Crippen LogP contribution in [0.1, 0.15) is 72.1 Å². The van der Waals surface area contributed by atoms with E-state index in [1.165, 1.54) is 38.4 Å². The van der Waals surface area contributed by atoms with Crippen molar-refractivity contribution in [3.63, 3.8) is 0 Å². The largest absolute Gasteiger partial charge is 0.390 e. The molecule has 2 heteroatoms. The van der Waals surface area contributed by atoms with Crippen molar-refractivity contribution in [1.82, 2.24) is 0 Å². The highest BCUT2D eigenvalue weighted by molar-refractivity contribution is 5.54. The molecule has 1 saturated carbocycles. The van der Waals surface area contributed by atoms with Gasteiger partial charge in [0.25, 0.3) is 0 Å². The Bertz CT molecular complexity index is 242. The summed E-state index contributed by atoms with van der Waals surface area (Å²) >= 11 is 0. The quantitative estimate of drug-likeness (QED) is 0.698. The van der Waals surface area contributed by atoms with Crippen LogP contribution in [0.4, 0.5) is 0 Å². The highest BCUT2D eigenvalue weighted by Gasteiger charge is 2.30. The van der Waals surface area contributed by atoms with Crippen LogP contribution in [-0.4, -0.2) is 17.0 Å². The van der Waals surface area contributed by atoms with Gasteiger partial charge in [0.2, 0.25) is 0 Å². The van der Waals surface area contributed by atoms with Gasteiger partial charge in [0.15, 0.2) is 0 Å². The van der Waals surface area contributed by atoms with Crippen LogP contribution in [0, 0.1) is 17.8 Å². The lowest BCUT2D eigenvalue weighted by Gasteiger charge is -2.35. The average Bonchev–Trinajstić information content (AvgIpc) is 2.31. The number of hydrogen-bond donors (Lipinski definition) is 1. The third-order valence-corrected chi connectivity index (χ3v) is 4.53. The molecule has 0 amide bonds. The molecular formula is C16H30O2. The van der Waals surface area contributed by atoms with Crippen molar-refractivity contribution in [1.29, 1.82) is 0 Å². The predicted molar refractivity (Wildman–Crippen MR) is 75.4 cm³/mol. The van der Waals surface area contributed by atoms with E-state index >= 15 is 0 Å². The maximum Gasteiger partial charge on any atom is 0.123 e. The number of aldehydes is 1. The SMILES string of the molecule is CCC(C=O)C1CCCCC1CCCC(C)(C)O. The molecule has 0 aromatic heterocycles. The van der Waals surface area contributed by atoms with E-state index in [1.54, 1.807) is 0 Å². The van der Waals surface area contributed by atoms with Crippen LogP contribution in [0.3, 0.4) is 0 Å². The van der Waals surface area contributed by atoms with Gasteiger partial charge in [-0.3, -0.25) is 0 Å². The Morgan fingerprint density at radius 3 is 2.56 bits per heavy atom. The molecular weight excluding hydrogens is 224 g/mol. The van der Waals surface area contributed by atoms with E-state index in [1.807, 2.05) is 13.8 Å². The van der Waals surface area contributed by atoms with Gasteiger partial charge in [-0.15, -0.1) is 0 Å². The van der Waals surface area contributed by atoms with Crippen molar-refractivity contribution in [2.45, 2.75) is 77.7 Å². The smallest absolute Gasteiger partial charge is 0.123 e. The first-order chi connectivity index (χ1) is 8.48. The lowest BCUT2D eigenvalue weighted by Crippen LogP contribution is -2.28. The molecule has 0 aliphatic heterocycles. The van der Waals surface area contributed by atoms with Gasteiger partial charge in [-0.1, -0.05) is 39.0 Å². The number of aliphatic hydroxyl groups is 1. The molecule has 106 valence electrons. The van der Waals surface area contributed by atoms with Gasteiger partial charge in [-0.2, -0.15) is 0 Å². The number of hydrogen-bond acceptors (Lipinski definition) is 2. The lowest BCUT2D eigenvalue weighted by atomic mass is 9.70. The summed E-state index contributed by atoms with van der Waals surface area (Å²) in [6.07, 6.45) is 10.4. The summed E-state index contributed by atoms with van der Waals surface area (Å²) in [6, 6.07) is 0. The molecule has 0 aromatic carbocycles. The average molecular weight is 254 g/mol. The first kappa shape index (κ1) is 15.7. The van der Waals surface area contributed by atoms with Gasteiger partial charge in [0.1, 0.15) is 6.29 Å². The molecule has 1 N–H and O–H groups in total. The number of carbonyl (C=O) groups excluding carboxylic acids is 1. The fourth-order valence-electron chi connectivity index (χ4n) is 3.46. The fourth-order valence-corrected chi connectivity index (χ4v) is 3.46. The summed E-state index contributed by atoms with van der Waals surface area (Å²) in [6.45, 7) is 5.89. The molecule has 0 spiro atoms. The molecule has 1 fully saturated rings. The Balaban J connectivity index is 2.46. The number of carbonyl (C=O) groups is 1. The van der Waals surface area contributed by atoms with Gasteiger partial charge in [-0.25, -0.2) is 0 Å². The van der Waals surface area contributed by atoms with Crippen LogP contribution in [0.2, 0.25) is 0 Å². The van der Waals surface area contributed by atoms with Crippen molar-refractivity contribution in [2.24, 2.45) is 17.8 Å². The van der Waals surface area contributed by atoms with Crippen LogP contribution in [0.5, 0.6) is 0 Å². The van der Waals surface area contributed by atoms with Gasteiger partial charge < -0.3 is 9.90 Å². The van der Waals surface area contributed by atoms with Gasteiger partial charge in [0.05, 0.1) is 5.60 Å². The molecule has 0 bridgehead atoms. The van der Waals surface area contributed by atoms with Crippen molar-refractivity contribution in [2.75, 3.05) is 0 Å². The van der Waals surface area contributed by atoms with Crippen molar-refractivity contribution in [3.8, 4) is 0 Å². The minimum absolute atomic E-state index is 0.262. The topological polar surface area (TPSA) is 37.3 Å². The Kier molecular flexibility index (Phi) is 6.34. The molecule has 2 nitrogen and oxygen atoms in total. The van der Waals surface area contributed by atoms with E-state index in [4.69, 9.17) is 0 Å². The van der Waals surface area contributed by atoms with Gasteiger partial charge in [0, 0.05) is 5.92 Å². The van der Waals surface area contributed by atoms with Crippen LogP contribution < -0.4 is 0 Å². The summed E-state index contributed by atoms with van der Waals surface area (Å²) in [5.41, 5.74) is -0.543. The third kappa shape index (κ3) is 5.09. The van der Waals surface area contributed by atoms with Crippen LogP contribution in [0.15, 0.2) is 0 Å². The zero-order valence-corrected chi connectivity index (χ0v) is 12.3. The second-order valence-electron chi connectivity index (χ2n) is 6.62. The normalized spacial score (nSPS) is 26.9. The van der Waals surface area contributed by atoms with Crippen LogP contribution in [0.25, 0.3) is 0 Å². The highest BCUT2D eigenvalue weighted by Crippen LogP contribution is 2.38.